The summed E-state index contributed by atoms with van der Waals surface area (Å²) in [7, 11) is 0. The molecular weight excluding hydrogens is 152 g/mol. The Kier molecular flexibility index (Phi) is 2.45. The van der Waals surface area contributed by atoms with Crippen LogP contribution in [0.3, 0.4) is 0 Å². The van der Waals surface area contributed by atoms with Crippen LogP contribution in [0.25, 0.3) is 0 Å². The predicted molar refractivity (Wildman–Crippen MR) is 45.9 cm³/mol. The van der Waals surface area contributed by atoms with Gasteiger partial charge in [0.2, 0.25) is 0 Å². The molecule has 0 bridgehead atoms. The molecule has 0 aromatic carbocycles. The second-order valence-corrected chi connectivity index (χ2v) is 4.01. The van der Waals surface area contributed by atoms with Gasteiger partial charge >= 0.3 is 0 Å². The van der Waals surface area contributed by atoms with Crippen molar-refractivity contribution in [1.29, 1.82) is 0 Å². The van der Waals surface area contributed by atoms with Crippen LogP contribution in [0.5, 0.6) is 0 Å². The highest BCUT2D eigenvalue weighted by Gasteiger charge is 2.29. The molecule has 0 radical (unpaired) electrons. The fraction of sp³-hybridized carbons (Fsp3) is 0.900. The van der Waals surface area contributed by atoms with Crippen molar-refractivity contribution in [2.24, 2.45) is 11.8 Å². The summed E-state index contributed by atoms with van der Waals surface area (Å²) in [6.07, 6.45) is 5.34. The second kappa shape index (κ2) is 3.56. The first kappa shape index (κ1) is 8.24. The maximum absolute atomic E-state index is 11.3. The molecule has 2 fully saturated rings. The molecule has 2 heteroatoms. The number of Topliss-reactive ketones (excluding diaryl/α,β-unsaturated/α-hetero) is 1. The first-order valence-electron chi connectivity index (χ1n) is 4.96. The predicted octanol–water partition coefficient (Wildman–Crippen LogP) is 1.78. The monoisotopic (exact) mass is 168 g/mol. The van der Waals surface area contributed by atoms with Crippen molar-refractivity contribution in [2.45, 2.75) is 32.1 Å². The lowest BCUT2D eigenvalue weighted by Gasteiger charge is -2.04. The lowest BCUT2D eigenvalue weighted by atomic mass is 10.00. The zero-order valence-electron chi connectivity index (χ0n) is 7.42. The molecule has 0 aromatic rings. The second-order valence-electron chi connectivity index (χ2n) is 4.01. The molecule has 0 N–H and O–H groups in total. The summed E-state index contributed by atoms with van der Waals surface area (Å²) >= 11 is 0. The number of hydrogen-bond donors (Lipinski definition) is 0. The number of hydrogen-bond acceptors (Lipinski definition) is 2. The minimum atomic E-state index is 0.451. The highest BCUT2D eigenvalue weighted by atomic mass is 16.5. The van der Waals surface area contributed by atoms with Gasteiger partial charge in [-0.25, -0.2) is 0 Å². The van der Waals surface area contributed by atoms with Gasteiger partial charge in [0.1, 0.15) is 5.78 Å². The van der Waals surface area contributed by atoms with Crippen LogP contribution in [-0.2, 0) is 9.53 Å². The summed E-state index contributed by atoms with van der Waals surface area (Å²) in [4.78, 5) is 11.3. The first-order valence-corrected chi connectivity index (χ1v) is 4.96. The lowest BCUT2D eigenvalue weighted by molar-refractivity contribution is -0.120. The number of ketones is 1. The van der Waals surface area contributed by atoms with Crippen LogP contribution < -0.4 is 0 Å². The Bertz CT molecular complexity index is 167. The van der Waals surface area contributed by atoms with Gasteiger partial charge in [0.05, 0.1) is 0 Å². The van der Waals surface area contributed by atoms with Gasteiger partial charge in [-0.1, -0.05) is 0 Å². The summed E-state index contributed by atoms with van der Waals surface area (Å²) in [5.41, 5.74) is 0. The van der Waals surface area contributed by atoms with Crippen molar-refractivity contribution >= 4 is 5.78 Å². The Morgan fingerprint density at radius 2 is 2.17 bits per heavy atom. The molecule has 2 rings (SSSR count). The highest BCUT2D eigenvalue weighted by molar-refractivity contribution is 5.83. The van der Waals surface area contributed by atoms with Crippen molar-refractivity contribution in [3.05, 3.63) is 0 Å². The molecule has 0 spiro atoms. The molecule has 1 aliphatic carbocycles. The Hall–Kier alpha value is -0.370. The molecule has 68 valence electrons. The summed E-state index contributed by atoms with van der Waals surface area (Å²) in [5, 5.41) is 0. The Morgan fingerprint density at radius 1 is 1.33 bits per heavy atom. The quantitative estimate of drug-likeness (QED) is 0.639. The smallest absolute Gasteiger partial charge is 0.135 e. The van der Waals surface area contributed by atoms with Crippen LogP contribution in [0.15, 0.2) is 0 Å². The van der Waals surface area contributed by atoms with Crippen molar-refractivity contribution in [2.75, 3.05) is 13.2 Å². The minimum absolute atomic E-state index is 0.451. The highest BCUT2D eigenvalue weighted by Crippen LogP contribution is 2.32. The molecule has 1 saturated carbocycles. The van der Waals surface area contributed by atoms with Gasteiger partial charge in [-0.2, -0.15) is 0 Å². The molecule has 1 aliphatic heterocycles. The van der Waals surface area contributed by atoms with Gasteiger partial charge in [0, 0.05) is 25.6 Å². The molecule has 1 unspecified atom stereocenters. The Balaban J connectivity index is 1.63. The van der Waals surface area contributed by atoms with E-state index in [2.05, 4.69) is 0 Å². The Morgan fingerprint density at radius 3 is 2.75 bits per heavy atom. The molecular formula is C10H16O2. The number of carbonyl (C=O) groups excluding carboxylic acids is 1. The molecule has 0 amide bonds. The minimum Gasteiger partial charge on any atom is -0.381 e. The normalized spacial score (nSPS) is 29.2. The van der Waals surface area contributed by atoms with Crippen LogP contribution in [0, 0.1) is 11.8 Å². The summed E-state index contributed by atoms with van der Waals surface area (Å²) in [5.74, 6) is 1.63. The van der Waals surface area contributed by atoms with Crippen LogP contribution in [0.2, 0.25) is 0 Å². The fourth-order valence-corrected chi connectivity index (χ4v) is 1.77. The summed E-state index contributed by atoms with van der Waals surface area (Å²) in [6, 6.07) is 0. The van der Waals surface area contributed by atoms with Gasteiger partial charge in [0.15, 0.2) is 0 Å². The number of carbonyl (C=O) groups is 1. The lowest BCUT2D eigenvalue weighted by Crippen LogP contribution is -2.06. The third-order valence-electron chi connectivity index (χ3n) is 2.86. The summed E-state index contributed by atoms with van der Waals surface area (Å²) < 4.78 is 5.25. The number of rotatable bonds is 4. The van der Waals surface area contributed by atoms with E-state index >= 15 is 0 Å². The summed E-state index contributed by atoms with van der Waals surface area (Å²) in [6.45, 7) is 1.79. The molecule has 2 nitrogen and oxygen atoms in total. The molecule has 1 saturated heterocycles. The zero-order valence-corrected chi connectivity index (χ0v) is 7.42. The average Bonchev–Trinajstić information content (AvgIpc) is 2.80. The third kappa shape index (κ3) is 2.07. The SMILES string of the molecule is O=C(CCC1CCOC1)C1CC1. The van der Waals surface area contributed by atoms with Gasteiger partial charge in [-0.15, -0.1) is 0 Å². The zero-order chi connectivity index (χ0) is 8.39. The topological polar surface area (TPSA) is 26.3 Å². The largest absolute Gasteiger partial charge is 0.381 e. The molecule has 1 atom stereocenters. The molecule has 0 aromatic heterocycles. The molecule has 1 heterocycles. The van der Waals surface area contributed by atoms with E-state index in [-0.39, 0.29) is 0 Å². The van der Waals surface area contributed by atoms with E-state index in [1.165, 1.54) is 0 Å². The van der Waals surface area contributed by atoms with E-state index in [4.69, 9.17) is 4.74 Å². The number of ether oxygens (including phenoxy) is 1. The van der Waals surface area contributed by atoms with Gasteiger partial charge < -0.3 is 4.74 Å². The van der Waals surface area contributed by atoms with Gasteiger partial charge in [-0.3, -0.25) is 4.79 Å². The van der Waals surface area contributed by atoms with Crippen molar-refractivity contribution in [1.82, 2.24) is 0 Å². The fourth-order valence-electron chi connectivity index (χ4n) is 1.77. The van der Waals surface area contributed by atoms with E-state index < -0.39 is 0 Å². The van der Waals surface area contributed by atoms with Gasteiger partial charge in [0.25, 0.3) is 0 Å². The van der Waals surface area contributed by atoms with E-state index in [9.17, 15) is 4.79 Å². The van der Waals surface area contributed by atoms with E-state index in [1.54, 1.807) is 0 Å². The van der Waals surface area contributed by atoms with Crippen molar-refractivity contribution in [3.63, 3.8) is 0 Å². The van der Waals surface area contributed by atoms with Crippen LogP contribution in [-0.4, -0.2) is 19.0 Å². The van der Waals surface area contributed by atoms with Crippen molar-refractivity contribution in [3.8, 4) is 0 Å². The van der Waals surface area contributed by atoms with Crippen LogP contribution in [0.1, 0.15) is 32.1 Å². The van der Waals surface area contributed by atoms with E-state index in [1.807, 2.05) is 0 Å². The molecule has 12 heavy (non-hydrogen) atoms. The standard InChI is InChI=1S/C10H16O2/c11-10(9-2-3-9)4-1-8-5-6-12-7-8/h8-9H,1-7H2. The van der Waals surface area contributed by atoms with Crippen LogP contribution >= 0.6 is 0 Å². The van der Waals surface area contributed by atoms with Gasteiger partial charge in [-0.05, 0) is 31.6 Å². The maximum atomic E-state index is 11.3. The third-order valence-corrected chi connectivity index (χ3v) is 2.86. The molecule has 2 aliphatic rings. The van der Waals surface area contributed by atoms with E-state index in [0.29, 0.717) is 17.6 Å². The Labute approximate surface area is 73.3 Å². The first-order chi connectivity index (χ1) is 5.86. The van der Waals surface area contributed by atoms with E-state index in [0.717, 1.165) is 45.3 Å². The van der Waals surface area contributed by atoms with Crippen molar-refractivity contribution < 1.29 is 9.53 Å². The van der Waals surface area contributed by atoms with Crippen LogP contribution in [0.4, 0.5) is 0 Å². The maximum Gasteiger partial charge on any atom is 0.135 e. The average molecular weight is 168 g/mol.